The van der Waals surface area contributed by atoms with Gasteiger partial charge >= 0.3 is 6.18 Å². The van der Waals surface area contributed by atoms with Crippen LogP contribution in [-0.4, -0.2) is 36.5 Å². The highest BCUT2D eigenvalue weighted by molar-refractivity contribution is 9.10. The SMILES string of the molecule is N#CC1CNCCN1C(=O)c1ccc(Br)c(C(F)(F)F)c1. The standard InChI is InChI=1S/C13H11BrF3N3O/c14-11-2-1-8(5-10(11)13(15,16)17)12(21)20-4-3-19-7-9(20)6-18/h1-2,5,9,19H,3-4,7H2. The fraction of sp³-hybridized carbons (Fsp3) is 0.385. The molecule has 1 heterocycles. The number of rotatable bonds is 1. The summed E-state index contributed by atoms with van der Waals surface area (Å²) in [5, 5.41) is 12.0. The van der Waals surface area contributed by atoms with Gasteiger partial charge in [-0.1, -0.05) is 15.9 Å². The molecular weight excluding hydrogens is 351 g/mol. The largest absolute Gasteiger partial charge is 0.417 e. The zero-order chi connectivity index (χ0) is 15.6. The van der Waals surface area contributed by atoms with Crippen LogP contribution in [0.5, 0.6) is 0 Å². The summed E-state index contributed by atoms with van der Waals surface area (Å²) in [4.78, 5) is 13.6. The van der Waals surface area contributed by atoms with Crippen molar-refractivity contribution in [2.75, 3.05) is 19.6 Å². The Morgan fingerprint density at radius 2 is 2.19 bits per heavy atom. The third-order valence-electron chi connectivity index (χ3n) is 3.17. The Morgan fingerprint density at radius 3 is 2.81 bits per heavy atom. The maximum Gasteiger partial charge on any atom is 0.417 e. The smallest absolute Gasteiger partial charge is 0.320 e. The summed E-state index contributed by atoms with van der Waals surface area (Å²) in [5.41, 5.74) is -0.982. The van der Waals surface area contributed by atoms with Crippen LogP contribution in [0, 0.1) is 11.3 Å². The van der Waals surface area contributed by atoms with Crippen LogP contribution in [0.25, 0.3) is 0 Å². The molecule has 0 radical (unpaired) electrons. The summed E-state index contributed by atoms with van der Waals surface area (Å²) < 4.78 is 38.5. The Bertz CT molecular complexity index is 597. The quantitative estimate of drug-likeness (QED) is 0.835. The van der Waals surface area contributed by atoms with Gasteiger partial charge in [-0.05, 0) is 18.2 Å². The molecule has 2 rings (SSSR count). The van der Waals surface area contributed by atoms with Gasteiger partial charge in [0.2, 0.25) is 0 Å². The van der Waals surface area contributed by atoms with Gasteiger partial charge < -0.3 is 10.2 Å². The molecule has 1 N–H and O–H groups in total. The number of nitrogens with one attached hydrogen (secondary N) is 1. The first-order chi connectivity index (χ1) is 9.84. The summed E-state index contributed by atoms with van der Waals surface area (Å²) >= 11 is 2.83. The van der Waals surface area contributed by atoms with Gasteiger partial charge in [0.15, 0.2) is 0 Å². The molecule has 1 aliphatic heterocycles. The molecule has 0 aromatic heterocycles. The Morgan fingerprint density at radius 1 is 1.48 bits per heavy atom. The van der Waals surface area contributed by atoms with Gasteiger partial charge in [0.1, 0.15) is 6.04 Å². The molecule has 112 valence electrons. The van der Waals surface area contributed by atoms with E-state index in [1.165, 1.54) is 17.0 Å². The third kappa shape index (κ3) is 3.36. The average Bonchev–Trinajstić information content (AvgIpc) is 2.45. The molecule has 1 aliphatic rings. The summed E-state index contributed by atoms with van der Waals surface area (Å²) in [6.45, 7) is 1.10. The Labute approximate surface area is 127 Å². The molecule has 1 aromatic rings. The first kappa shape index (κ1) is 15.8. The van der Waals surface area contributed by atoms with Crippen molar-refractivity contribution in [2.24, 2.45) is 0 Å². The second-order valence-electron chi connectivity index (χ2n) is 4.54. The van der Waals surface area contributed by atoms with E-state index >= 15 is 0 Å². The molecule has 1 unspecified atom stereocenters. The van der Waals surface area contributed by atoms with Crippen LogP contribution in [0.4, 0.5) is 13.2 Å². The van der Waals surface area contributed by atoms with Gasteiger partial charge in [-0.2, -0.15) is 18.4 Å². The predicted molar refractivity (Wildman–Crippen MR) is 72.5 cm³/mol. The minimum atomic E-state index is -4.55. The number of hydrogen-bond acceptors (Lipinski definition) is 3. The Balaban J connectivity index is 2.34. The lowest BCUT2D eigenvalue weighted by Gasteiger charge is -2.32. The molecule has 0 aliphatic carbocycles. The Hall–Kier alpha value is -1.59. The van der Waals surface area contributed by atoms with Crippen molar-refractivity contribution >= 4 is 21.8 Å². The highest BCUT2D eigenvalue weighted by Crippen LogP contribution is 2.35. The van der Waals surface area contributed by atoms with Gasteiger partial charge in [-0.15, -0.1) is 0 Å². The molecule has 1 saturated heterocycles. The van der Waals surface area contributed by atoms with Gasteiger partial charge in [0.25, 0.3) is 5.91 Å². The highest BCUT2D eigenvalue weighted by Gasteiger charge is 2.35. The second-order valence-corrected chi connectivity index (χ2v) is 5.39. The first-order valence-corrected chi connectivity index (χ1v) is 6.92. The van der Waals surface area contributed by atoms with E-state index in [0.717, 1.165) is 6.07 Å². The number of alkyl halides is 3. The number of piperazine rings is 1. The molecule has 1 amide bonds. The van der Waals surface area contributed by atoms with Crippen molar-refractivity contribution in [3.8, 4) is 6.07 Å². The number of benzene rings is 1. The summed E-state index contributed by atoms with van der Waals surface area (Å²) in [5.74, 6) is -0.568. The minimum absolute atomic E-state index is 0.0762. The zero-order valence-electron chi connectivity index (χ0n) is 10.7. The molecular formula is C13H11BrF3N3O. The van der Waals surface area contributed by atoms with Crippen molar-refractivity contribution < 1.29 is 18.0 Å². The number of carbonyl (C=O) groups excluding carboxylic acids is 1. The highest BCUT2D eigenvalue weighted by atomic mass is 79.9. The van der Waals surface area contributed by atoms with Gasteiger partial charge in [-0.25, -0.2) is 0 Å². The van der Waals surface area contributed by atoms with E-state index in [1.54, 1.807) is 0 Å². The van der Waals surface area contributed by atoms with Crippen LogP contribution in [0.2, 0.25) is 0 Å². The van der Waals surface area contributed by atoms with E-state index in [0.29, 0.717) is 13.1 Å². The number of nitriles is 1. The van der Waals surface area contributed by atoms with Crippen molar-refractivity contribution in [1.82, 2.24) is 10.2 Å². The second kappa shape index (κ2) is 6.03. The van der Waals surface area contributed by atoms with Crippen LogP contribution in [-0.2, 0) is 6.18 Å². The molecule has 4 nitrogen and oxygen atoms in total. The van der Waals surface area contributed by atoms with Crippen LogP contribution >= 0.6 is 15.9 Å². The molecule has 8 heteroatoms. The lowest BCUT2D eigenvalue weighted by molar-refractivity contribution is -0.138. The third-order valence-corrected chi connectivity index (χ3v) is 3.86. The van der Waals surface area contributed by atoms with Gasteiger partial charge in [-0.3, -0.25) is 4.79 Å². The van der Waals surface area contributed by atoms with Crippen molar-refractivity contribution in [1.29, 1.82) is 5.26 Å². The van der Waals surface area contributed by atoms with E-state index in [-0.39, 0.29) is 16.6 Å². The number of hydrogen-bond donors (Lipinski definition) is 1. The van der Waals surface area contributed by atoms with Crippen LogP contribution in [0.15, 0.2) is 22.7 Å². The predicted octanol–water partition coefficient (Wildman–Crippen LogP) is 2.41. The van der Waals surface area contributed by atoms with E-state index < -0.39 is 23.7 Å². The molecule has 0 spiro atoms. The number of nitrogens with zero attached hydrogens (tertiary/aromatic N) is 2. The maximum atomic E-state index is 12.9. The average molecular weight is 362 g/mol. The summed E-state index contributed by atoms with van der Waals surface area (Å²) in [7, 11) is 0. The molecule has 1 fully saturated rings. The van der Waals surface area contributed by atoms with E-state index in [9.17, 15) is 18.0 Å². The molecule has 0 saturated carbocycles. The fourth-order valence-corrected chi connectivity index (χ4v) is 2.58. The van der Waals surface area contributed by atoms with Crippen LogP contribution in [0.3, 0.4) is 0 Å². The molecule has 21 heavy (non-hydrogen) atoms. The topological polar surface area (TPSA) is 56.1 Å². The lowest BCUT2D eigenvalue weighted by atomic mass is 10.1. The van der Waals surface area contributed by atoms with Gasteiger partial charge in [0, 0.05) is 29.7 Å². The van der Waals surface area contributed by atoms with Crippen molar-refractivity contribution in [3.05, 3.63) is 33.8 Å². The normalized spacial score (nSPS) is 19.2. The van der Waals surface area contributed by atoms with E-state index in [4.69, 9.17) is 5.26 Å². The molecule has 0 bridgehead atoms. The van der Waals surface area contributed by atoms with E-state index in [1.807, 2.05) is 6.07 Å². The maximum absolute atomic E-state index is 12.9. The minimum Gasteiger partial charge on any atom is -0.320 e. The zero-order valence-corrected chi connectivity index (χ0v) is 12.3. The number of carbonyl (C=O) groups is 1. The van der Waals surface area contributed by atoms with Crippen molar-refractivity contribution in [3.63, 3.8) is 0 Å². The van der Waals surface area contributed by atoms with Gasteiger partial charge in [0.05, 0.1) is 11.6 Å². The monoisotopic (exact) mass is 361 g/mol. The molecule has 1 atom stereocenters. The fourth-order valence-electron chi connectivity index (χ4n) is 2.10. The first-order valence-electron chi connectivity index (χ1n) is 6.12. The number of amides is 1. The van der Waals surface area contributed by atoms with Crippen LogP contribution in [0.1, 0.15) is 15.9 Å². The summed E-state index contributed by atoms with van der Waals surface area (Å²) in [6.07, 6.45) is -4.55. The van der Waals surface area contributed by atoms with Crippen LogP contribution < -0.4 is 5.32 Å². The van der Waals surface area contributed by atoms with Crippen molar-refractivity contribution in [2.45, 2.75) is 12.2 Å². The summed E-state index contributed by atoms with van der Waals surface area (Å²) in [6, 6.07) is 4.62. The number of halogens is 4. The Kier molecular flexibility index (Phi) is 4.54. The van der Waals surface area contributed by atoms with E-state index in [2.05, 4.69) is 21.2 Å². The lowest BCUT2D eigenvalue weighted by Crippen LogP contribution is -2.53. The molecule has 1 aromatic carbocycles.